The highest BCUT2D eigenvalue weighted by Gasteiger charge is 2.13. The highest BCUT2D eigenvalue weighted by atomic mass is 16.2. The number of fused-ring (bicyclic) bond motifs is 1. The summed E-state index contributed by atoms with van der Waals surface area (Å²) in [6.45, 7) is 1.93. The van der Waals surface area contributed by atoms with Crippen LogP contribution in [0.1, 0.15) is 16.2 Å². The minimum Gasteiger partial charge on any atom is -0.327 e. The summed E-state index contributed by atoms with van der Waals surface area (Å²) in [5.74, 6) is 0.485. The average molecular weight is 344 g/mol. The molecule has 0 atom stereocenters. The van der Waals surface area contributed by atoms with Gasteiger partial charge >= 0.3 is 0 Å². The predicted molar refractivity (Wildman–Crippen MR) is 101 cm³/mol. The van der Waals surface area contributed by atoms with Crippen LogP contribution in [0.2, 0.25) is 0 Å². The zero-order valence-corrected chi connectivity index (χ0v) is 14.1. The van der Waals surface area contributed by atoms with Crippen LogP contribution in [-0.2, 0) is 0 Å². The second kappa shape index (κ2) is 6.33. The number of imidazole rings is 1. The van der Waals surface area contributed by atoms with Crippen LogP contribution in [0.25, 0.3) is 16.7 Å². The van der Waals surface area contributed by atoms with Gasteiger partial charge in [-0.05, 0) is 49.4 Å². The van der Waals surface area contributed by atoms with Crippen molar-refractivity contribution in [2.75, 3.05) is 5.32 Å². The monoisotopic (exact) mass is 344 g/mol. The molecule has 6 nitrogen and oxygen atoms in total. The first kappa shape index (κ1) is 15.8. The SMILES string of the molecule is Cc1nc2cc(C(=O)Nc3ccc[nH]c3=O)ccc2n1-c1ccccc1. The molecular formula is C20H16N4O2. The first-order chi connectivity index (χ1) is 12.6. The quantitative estimate of drug-likeness (QED) is 0.598. The largest absolute Gasteiger partial charge is 0.327 e. The molecule has 2 aromatic carbocycles. The standard InChI is InChI=1S/C20H16N4O2/c1-13-22-17-12-14(19(25)23-16-8-5-11-21-20(16)26)9-10-18(17)24(13)15-6-3-2-4-7-15/h2-12H,1H3,(H,21,26)(H,23,25). The molecule has 0 bridgehead atoms. The Morgan fingerprint density at radius 1 is 1.08 bits per heavy atom. The third kappa shape index (κ3) is 2.77. The number of hydrogen-bond acceptors (Lipinski definition) is 3. The maximum atomic E-state index is 12.5. The van der Waals surface area contributed by atoms with Gasteiger partial charge in [0.2, 0.25) is 0 Å². The van der Waals surface area contributed by atoms with E-state index in [1.807, 2.05) is 47.9 Å². The summed E-state index contributed by atoms with van der Waals surface area (Å²) in [4.78, 5) is 31.3. The minimum atomic E-state index is -0.351. The number of aryl methyl sites for hydroxylation is 1. The smallest absolute Gasteiger partial charge is 0.271 e. The first-order valence-corrected chi connectivity index (χ1v) is 8.17. The number of hydrogen-bond donors (Lipinski definition) is 2. The van der Waals surface area contributed by atoms with Gasteiger partial charge in [0.25, 0.3) is 11.5 Å². The molecule has 2 aromatic heterocycles. The minimum absolute atomic E-state index is 0.212. The summed E-state index contributed by atoms with van der Waals surface area (Å²) in [5.41, 5.74) is 2.97. The molecule has 0 spiro atoms. The summed E-state index contributed by atoms with van der Waals surface area (Å²) < 4.78 is 2.04. The number of aromatic nitrogens is 3. The predicted octanol–water partition coefficient (Wildman–Crippen LogP) is 3.27. The van der Waals surface area contributed by atoms with Gasteiger partial charge in [0, 0.05) is 17.4 Å². The van der Waals surface area contributed by atoms with Crippen molar-refractivity contribution in [1.82, 2.24) is 14.5 Å². The van der Waals surface area contributed by atoms with Crippen LogP contribution in [0.4, 0.5) is 5.69 Å². The summed E-state index contributed by atoms with van der Waals surface area (Å²) >= 11 is 0. The first-order valence-electron chi connectivity index (χ1n) is 8.17. The Kier molecular flexibility index (Phi) is 3.85. The van der Waals surface area contributed by atoms with Crippen LogP contribution in [0.15, 0.2) is 71.7 Å². The summed E-state index contributed by atoms with van der Waals surface area (Å²) in [6.07, 6.45) is 1.52. The van der Waals surface area contributed by atoms with Crippen LogP contribution in [0, 0.1) is 6.92 Å². The maximum Gasteiger partial charge on any atom is 0.271 e. The molecule has 0 radical (unpaired) electrons. The molecule has 0 fully saturated rings. The Morgan fingerprint density at radius 3 is 2.65 bits per heavy atom. The van der Waals surface area contributed by atoms with Crippen LogP contribution in [-0.4, -0.2) is 20.4 Å². The number of carbonyl (C=O) groups is 1. The third-order valence-corrected chi connectivity index (χ3v) is 4.17. The van der Waals surface area contributed by atoms with E-state index in [0.29, 0.717) is 5.56 Å². The lowest BCUT2D eigenvalue weighted by atomic mass is 10.2. The van der Waals surface area contributed by atoms with Gasteiger partial charge < -0.3 is 10.3 Å². The number of para-hydroxylation sites is 1. The fourth-order valence-corrected chi connectivity index (χ4v) is 2.96. The zero-order valence-electron chi connectivity index (χ0n) is 14.1. The van der Waals surface area contributed by atoms with Crippen molar-refractivity contribution in [2.24, 2.45) is 0 Å². The number of anilines is 1. The van der Waals surface area contributed by atoms with Crippen LogP contribution in [0.5, 0.6) is 0 Å². The van der Waals surface area contributed by atoms with E-state index >= 15 is 0 Å². The number of benzene rings is 2. The number of nitrogens with zero attached hydrogens (tertiary/aromatic N) is 2. The summed E-state index contributed by atoms with van der Waals surface area (Å²) in [7, 11) is 0. The molecule has 0 aliphatic heterocycles. The van der Waals surface area contributed by atoms with Crippen LogP contribution in [0.3, 0.4) is 0 Å². The van der Waals surface area contributed by atoms with Crippen molar-refractivity contribution in [1.29, 1.82) is 0 Å². The van der Waals surface area contributed by atoms with Gasteiger partial charge in [0.1, 0.15) is 11.5 Å². The molecule has 0 saturated heterocycles. The van der Waals surface area contributed by atoms with E-state index in [1.165, 1.54) is 6.20 Å². The number of amides is 1. The molecule has 0 saturated carbocycles. The van der Waals surface area contributed by atoms with Gasteiger partial charge in [-0.25, -0.2) is 4.98 Å². The van der Waals surface area contributed by atoms with Crippen molar-refractivity contribution < 1.29 is 4.79 Å². The lowest BCUT2D eigenvalue weighted by Crippen LogP contribution is -2.19. The zero-order chi connectivity index (χ0) is 18.1. The van der Waals surface area contributed by atoms with Gasteiger partial charge in [-0.3, -0.25) is 14.2 Å². The van der Waals surface area contributed by atoms with Gasteiger partial charge in [0.05, 0.1) is 11.0 Å². The molecule has 4 aromatic rings. The third-order valence-electron chi connectivity index (χ3n) is 4.17. The summed E-state index contributed by atoms with van der Waals surface area (Å²) in [6, 6.07) is 18.5. The normalized spacial score (nSPS) is 10.8. The van der Waals surface area contributed by atoms with E-state index in [0.717, 1.165) is 22.5 Å². The van der Waals surface area contributed by atoms with E-state index in [-0.39, 0.29) is 17.2 Å². The van der Waals surface area contributed by atoms with E-state index in [2.05, 4.69) is 15.3 Å². The molecule has 6 heteroatoms. The fraction of sp³-hybridized carbons (Fsp3) is 0.0500. The van der Waals surface area contributed by atoms with Gasteiger partial charge in [-0.2, -0.15) is 0 Å². The van der Waals surface area contributed by atoms with Crippen molar-refractivity contribution in [2.45, 2.75) is 6.92 Å². The summed E-state index contributed by atoms with van der Waals surface area (Å²) in [5, 5.41) is 2.63. The molecule has 2 N–H and O–H groups in total. The van der Waals surface area contributed by atoms with Gasteiger partial charge in [-0.1, -0.05) is 18.2 Å². The fourth-order valence-electron chi connectivity index (χ4n) is 2.96. The number of nitrogens with one attached hydrogen (secondary N) is 2. The highest BCUT2D eigenvalue weighted by Crippen LogP contribution is 2.22. The lowest BCUT2D eigenvalue weighted by Gasteiger charge is -2.07. The number of H-pyrrole nitrogens is 1. The van der Waals surface area contributed by atoms with Gasteiger partial charge in [-0.15, -0.1) is 0 Å². The Balaban J connectivity index is 1.72. The van der Waals surface area contributed by atoms with Crippen LogP contribution >= 0.6 is 0 Å². The maximum absolute atomic E-state index is 12.5. The molecular weight excluding hydrogens is 328 g/mol. The number of carbonyl (C=O) groups excluding carboxylic acids is 1. The molecule has 128 valence electrons. The highest BCUT2D eigenvalue weighted by molar-refractivity contribution is 6.05. The van der Waals surface area contributed by atoms with E-state index < -0.39 is 0 Å². The van der Waals surface area contributed by atoms with Gasteiger partial charge in [0.15, 0.2) is 0 Å². The number of rotatable bonds is 3. The molecule has 1 amide bonds. The molecule has 26 heavy (non-hydrogen) atoms. The van der Waals surface area contributed by atoms with E-state index in [1.54, 1.807) is 24.3 Å². The number of pyridine rings is 1. The van der Waals surface area contributed by atoms with E-state index in [4.69, 9.17) is 0 Å². The second-order valence-corrected chi connectivity index (χ2v) is 5.90. The Labute approximate surface area is 149 Å². The topological polar surface area (TPSA) is 79.8 Å². The van der Waals surface area contributed by atoms with Crippen LogP contribution < -0.4 is 10.9 Å². The molecule has 0 unspecified atom stereocenters. The second-order valence-electron chi connectivity index (χ2n) is 5.90. The van der Waals surface area contributed by atoms with Crippen molar-refractivity contribution in [3.8, 4) is 5.69 Å². The Hall–Kier alpha value is -3.67. The number of aromatic amines is 1. The average Bonchev–Trinajstić information content (AvgIpc) is 2.99. The van der Waals surface area contributed by atoms with Crippen molar-refractivity contribution in [3.63, 3.8) is 0 Å². The van der Waals surface area contributed by atoms with Crippen molar-refractivity contribution in [3.05, 3.63) is 88.6 Å². The molecule has 4 rings (SSSR count). The van der Waals surface area contributed by atoms with E-state index in [9.17, 15) is 9.59 Å². The Bertz CT molecular complexity index is 1160. The molecule has 0 aliphatic rings. The molecule has 2 heterocycles. The molecule has 0 aliphatic carbocycles. The van der Waals surface area contributed by atoms with Crippen molar-refractivity contribution >= 4 is 22.6 Å². The Morgan fingerprint density at radius 2 is 1.88 bits per heavy atom. The lowest BCUT2D eigenvalue weighted by molar-refractivity contribution is 0.102.